The first-order chi connectivity index (χ1) is 11.5. The van der Waals surface area contributed by atoms with Gasteiger partial charge in [0.25, 0.3) is 11.5 Å². The quantitative estimate of drug-likeness (QED) is 0.791. The Balaban J connectivity index is 2.14. The summed E-state index contributed by atoms with van der Waals surface area (Å²) in [5.41, 5.74) is 0.518. The predicted octanol–water partition coefficient (Wildman–Crippen LogP) is 1.08. The summed E-state index contributed by atoms with van der Waals surface area (Å²) >= 11 is 0. The molecule has 0 saturated carbocycles. The zero-order chi connectivity index (χ0) is 17.5. The Kier molecular flexibility index (Phi) is 5.83. The van der Waals surface area contributed by atoms with Crippen LogP contribution in [0.5, 0.6) is 0 Å². The SMILES string of the molecule is CCCn1nc(C(=O)N[C@@H](Cc2ccccc2)C(=O)O)ccc1=O. The zero-order valence-electron chi connectivity index (χ0n) is 13.3. The minimum Gasteiger partial charge on any atom is -0.480 e. The lowest BCUT2D eigenvalue weighted by molar-refractivity contribution is -0.139. The maximum Gasteiger partial charge on any atom is 0.326 e. The molecule has 0 saturated heterocycles. The van der Waals surface area contributed by atoms with Crippen molar-refractivity contribution in [3.63, 3.8) is 0 Å². The van der Waals surface area contributed by atoms with Gasteiger partial charge in [0.05, 0.1) is 0 Å². The van der Waals surface area contributed by atoms with Crippen molar-refractivity contribution in [1.29, 1.82) is 0 Å². The van der Waals surface area contributed by atoms with Crippen LogP contribution in [0.15, 0.2) is 47.3 Å². The average Bonchev–Trinajstić information content (AvgIpc) is 2.57. The lowest BCUT2D eigenvalue weighted by Crippen LogP contribution is -2.43. The number of rotatable bonds is 7. The largest absolute Gasteiger partial charge is 0.480 e. The molecule has 0 unspecified atom stereocenters. The Morgan fingerprint density at radius 1 is 1.21 bits per heavy atom. The summed E-state index contributed by atoms with van der Waals surface area (Å²) in [6.45, 7) is 2.29. The van der Waals surface area contributed by atoms with Crippen LogP contribution in [0.3, 0.4) is 0 Å². The van der Waals surface area contributed by atoms with E-state index in [-0.39, 0.29) is 17.7 Å². The second-order valence-electron chi connectivity index (χ2n) is 5.33. The first-order valence-electron chi connectivity index (χ1n) is 7.67. The van der Waals surface area contributed by atoms with Crippen molar-refractivity contribution >= 4 is 11.9 Å². The zero-order valence-corrected chi connectivity index (χ0v) is 13.3. The maximum absolute atomic E-state index is 12.3. The third-order valence-corrected chi connectivity index (χ3v) is 3.42. The number of hydrogen-bond acceptors (Lipinski definition) is 4. The molecule has 7 nitrogen and oxygen atoms in total. The molecule has 0 fully saturated rings. The standard InChI is InChI=1S/C17H19N3O4/c1-2-10-20-15(21)9-8-13(19-20)16(22)18-14(17(23)24)11-12-6-4-3-5-7-12/h3-9,14H,2,10-11H2,1H3,(H,18,22)(H,23,24)/t14-/m0/s1. The lowest BCUT2D eigenvalue weighted by Gasteiger charge is -2.14. The minimum atomic E-state index is -1.13. The lowest BCUT2D eigenvalue weighted by atomic mass is 10.1. The molecule has 1 heterocycles. The Labute approximate surface area is 138 Å². The topological polar surface area (TPSA) is 101 Å². The van der Waals surface area contributed by atoms with Crippen molar-refractivity contribution in [3.05, 3.63) is 64.1 Å². The molecule has 0 bridgehead atoms. The number of carbonyl (C=O) groups excluding carboxylic acids is 1. The highest BCUT2D eigenvalue weighted by molar-refractivity contribution is 5.94. The monoisotopic (exact) mass is 329 g/mol. The van der Waals surface area contributed by atoms with Crippen molar-refractivity contribution in [1.82, 2.24) is 15.1 Å². The van der Waals surface area contributed by atoms with Gasteiger partial charge in [-0.2, -0.15) is 5.10 Å². The average molecular weight is 329 g/mol. The Bertz CT molecular complexity index is 771. The van der Waals surface area contributed by atoms with Crippen LogP contribution >= 0.6 is 0 Å². The molecule has 0 aliphatic rings. The van der Waals surface area contributed by atoms with Gasteiger partial charge < -0.3 is 10.4 Å². The number of nitrogens with zero attached hydrogens (tertiary/aromatic N) is 2. The third kappa shape index (κ3) is 4.52. The fourth-order valence-corrected chi connectivity index (χ4v) is 2.22. The van der Waals surface area contributed by atoms with Gasteiger partial charge in [0.15, 0.2) is 0 Å². The first-order valence-corrected chi connectivity index (χ1v) is 7.67. The summed E-state index contributed by atoms with van der Waals surface area (Å²) in [5.74, 6) is -1.75. The predicted molar refractivity (Wildman–Crippen MR) is 87.8 cm³/mol. The van der Waals surface area contributed by atoms with E-state index in [0.717, 1.165) is 5.56 Å². The molecule has 1 aromatic heterocycles. The molecular weight excluding hydrogens is 310 g/mol. The van der Waals surface area contributed by atoms with Crippen LogP contribution in [-0.2, 0) is 17.8 Å². The smallest absolute Gasteiger partial charge is 0.326 e. The van der Waals surface area contributed by atoms with Crippen molar-refractivity contribution < 1.29 is 14.7 Å². The van der Waals surface area contributed by atoms with Gasteiger partial charge in [0.2, 0.25) is 0 Å². The molecule has 7 heteroatoms. The van der Waals surface area contributed by atoms with E-state index in [9.17, 15) is 19.5 Å². The molecule has 2 N–H and O–H groups in total. The number of carboxylic acids is 1. The van der Waals surface area contributed by atoms with Gasteiger partial charge in [-0.15, -0.1) is 0 Å². The molecule has 1 amide bonds. The fraction of sp³-hybridized carbons (Fsp3) is 0.294. The first kappa shape index (κ1) is 17.4. The van der Waals surface area contributed by atoms with Gasteiger partial charge in [-0.1, -0.05) is 37.3 Å². The van der Waals surface area contributed by atoms with Crippen molar-refractivity contribution in [3.8, 4) is 0 Å². The van der Waals surface area contributed by atoms with Crippen LogP contribution in [-0.4, -0.2) is 32.8 Å². The van der Waals surface area contributed by atoms with Crippen LogP contribution in [0, 0.1) is 0 Å². The van der Waals surface area contributed by atoms with Crippen LogP contribution in [0.2, 0.25) is 0 Å². The second-order valence-corrected chi connectivity index (χ2v) is 5.33. The van der Waals surface area contributed by atoms with E-state index in [1.807, 2.05) is 13.0 Å². The van der Waals surface area contributed by atoms with Crippen LogP contribution in [0.4, 0.5) is 0 Å². The summed E-state index contributed by atoms with van der Waals surface area (Å²) in [5, 5.41) is 15.8. The molecule has 2 aromatic rings. The van der Waals surface area contributed by atoms with E-state index in [1.165, 1.54) is 16.8 Å². The number of amides is 1. The molecule has 0 radical (unpaired) electrons. The van der Waals surface area contributed by atoms with Gasteiger partial charge in [0, 0.05) is 19.0 Å². The van der Waals surface area contributed by atoms with Crippen LogP contribution in [0.1, 0.15) is 29.4 Å². The number of nitrogens with one attached hydrogen (secondary N) is 1. The highest BCUT2D eigenvalue weighted by Crippen LogP contribution is 2.04. The Morgan fingerprint density at radius 2 is 1.92 bits per heavy atom. The summed E-state index contributed by atoms with van der Waals surface area (Å²) in [4.78, 5) is 35.3. The molecule has 24 heavy (non-hydrogen) atoms. The Morgan fingerprint density at radius 3 is 2.54 bits per heavy atom. The van der Waals surface area contributed by atoms with E-state index in [1.54, 1.807) is 24.3 Å². The molecule has 0 aliphatic carbocycles. The molecule has 126 valence electrons. The third-order valence-electron chi connectivity index (χ3n) is 3.42. The van der Waals surface area contributed by atoms with E-state index in [4.69, 9.17) is 0 Å². The number of carboxylic acid groups (broad SMARTS) is 1. The van der Waals surface area contributed by atoms with E-state index in [0.29, 0.717) is 13.0 Å². The number of aliphatic carboxylic acids is 1. The van der Waals surface area contributed by atoms with Crippen molar-refractivity contribution in [2.24, 2.45) is 0 Å². The molecule has 1 atom stereocenters. The summed E-state index contributed by atoms with van der Waals surface area (Å²) in [6, 6.07) is 10.5. The number of aromatic nitrogens is 2. The van der Waals surface area contributed by atoms with Gasteiger partial charge in [-0.25, -0.2) is 9.48 Å². The number of hydrogen-bond donors (Lipinski definition) is 2. The molecule has 2 rings (SSSR count). The van der Waals surface area contributed by atoms with Crippen LogP contribution < -0.4 is 10.9 Å². The highest BCUT2D eigenvalue weighted by atomic mass is 16.4. The van der Waals surface area contributed by atoms with Gasteiger partial charge in [0.1, 0.15) is 11.7 Å². The van der Waals surface area contributed by atoms with E-state index in [2.05, 4.69) is 10.4 Å². The van der Waals surface area contributed by atoms with Crippen molar-refractivity contribution in [2.75, 3.05) is 0 Å². The molecule has 0 aliphatic heterocycles. The number of benzene rings is 1. The van der Waals surface area contributed by atoms with Crippen LogP contribution in [0.25, 0.3) is 0 Å². The Hall–Kier alpha value is -2.96. The normalized spacial score (nSPS) is 11.7. The minimum absolute atomic E-state index is 0.0161. The van der Waals surface area contributed by atoms with E-state index >= 15 is 0 Å². The number of aryl methyl sites for hydroxylation is 1. The van der Waals surface area contributed by atoms with Crippen molar-refractivity contribution in [2.45, 2.75) is 32.4 Å². The molecular formula is C17H19N3O4. The summed E-state index contributed by atoms with van der Waals surface area (Å²) in [6.07, 6.45) is 0.861. The van der Waals surface area contributed by atoms with Gasteiger partial charge in [-0.3, -0.25) is 9.59 Å². The molecule has 0 spiro atoms. The summed E-state index contributed by atoms with van der Waals surface area (Å²) < 4.78 is 1.20. The maximum atomic E-state index is 12.3. The molecule has 1 aromatic carbocycles. The second kappa shape index (κ2) is 8.05. The highest BCUT2D eigenvalue weighted by Gasteiger charge is 2.22. The van der Waals surface area contributed by atoms with E-state index < -0.39 is 17.9 Å². The summed E-state index contributed by atoms with van der Waals surface area (Å²) in [7, 11) is 0. The van der Waals surface area contributed by atoms with Gasteiger partial charge >= 0.3 is 5.97 Å². The van der Waals surface area contributed by atoms with Gasteiger partial charge in [-0.05, 0) is 18.1 Å². The fourth-order valence-electron chi connectivity index (χ4n) is 2.22. The number of carbonyl (C=O) groups is 2.